The molecule has 17 heavy (non-hydrogen) atoms. The molecule has 0 amide bonds. The smallest absolute Gasteiger partial charge is 0.140 e. The molecule has 0 aromatic carbocycles. The summed E-state index contributed by atoms with van der Waals surface area (Å²) in [5, 5.41) is 20.1. The van der Waals surface area contributed by atoms with E-state index in [1.165, 1.54) is 6.20 Å². The maximum atomic E-state index is 10.3. The van der Waals surface area contributed by atoms with E-state index in [1.807, 2.05) is 0 Å². The van der Waals surface area contributed by atoms with Crippen LogP contribution in [0.5, 0.6) is 0 Å². The zero-order valence-corrected chi connectivity index (χ0v) is 10.3. The molecule has 1 N–H and O–H groups in total. The lowest BCUT2D eigenvalue weighted by molar-refractivity contribution is -0.0546. The number of nitrogens with zero attached hydrogens (tertiary/aromatic N) is 3. The Kier molecular flexibility index (Phi) is 3.38. The fourth-order valence-electron chi connectivity index (χ4n) is 2.08. The van der Waals surface area contributed by atoms with Crippen LogP contribution in [0.3, 0.4) is 0 Å². The van der Waals surface area contributed by atoms with Gasteiger partial charge in [0, 0.05) is 13.7 Å². The molecule has 0 radical (unpaired) electrons. The van der Waals surface area contributed by atoms with E-state index in [0.717, 1.165) is 6.42 Å². The van der Waals surface area contributed by atoms with Gasteiger partial charge in [0.25, 0.3) is 0 Å². The van der Waals surface area contributed by atoms with E-state index in [4.69, 9.17) is 16.3 Å². The number of ether oxygens (including phenoxy) is 1. The van der Waals surface area contributed by atoms with E-state index >= 15 is 0 Å². The summed E-state index contributed by atoms with van der Waals surface area (Å²) < 4.78 is 6.90. The Balaban J connectivity index is 2.32. The highest BCUT2D eigenvalue weighted by atomic mass is 35.5. The van der Waals surface area contributed by atoms with Gasteiger partial charge in [-0.3, -0.25) is 0 Å². The van der Waals surface area contributed by atoms with Gasteiger partial charge in [0.15, 0.2) is 0 Å². The predicted octanol–water partition coefficient (Wildman–Crippen LogP) is 1.43. The molecular weight excluding hydrogens is 242 g/mol. The van der Waals surface area contributed by atoms with Gasteiger partial charge in [0.05, 0.1) is 18.9 Å². The molecule has 0 spiro atoms. The van der Waals surface area contributed by atoms with Gasteiger partial charge in [-0.05, 0) is 12.8 Å². The van der Waals surface area contributed by atoms with Crippen molar-refractivity contribution in [1.29, 1.82) is 5.26 Å². The fraction of sp³-hybridized carbons (Fsp3) is 0.636. The molecule has 1 fully saturated rings. The molecule has 0 bridgehead atoms. The Morgan fingerprint density at radius 2 is 2.53 bits per heavy atom. The summed E-state index contributed by atoms with van der Waals surface area (Å²) in [6.45, 7) is 0.868. The zero-order valence-electron chi connectivity index (χ0n) is 9.56. The molecule has 5 nitrogen and oxygen atoms in total. The van der Waals surface area contributed by atoms with Crippen molar-refractivity contribution in [2.45, 2.75) is 18.9 Å². The number of hydrogen-bond acceptors (Lipinski definition) is 4. The van der Waals surface area contributed by atoms with Crippen LogP contribution >= 0.6 is 11.6 Å². The van der Waals surface area contributed by atoms with Crippen molar-refractivity contribution in [2.75, 3.05) is 13.2 Å². The van der Waals surface area contributed by atoms with Crippen molar-refractivity contribution >= 4 is 11.6 Å². The molecule has 2 atom stereocenters. The van der Waals surface area contributed by atoms with Gasteiger partial charge in [0.1, 0.15) is 22.5 Å². The topological polar surface area (TPSA) is 71.1 Å². The van der Waals surface area contributed by atoms with E-state index in [-0.39, 0.29) is 6.61 Å². The Morgan fingerprint density at radius 3 is 3.00 bits per heavy atom. The lowest BCUT2D eigenvalue weighted by Crippen LogP contribution is -2.37. The minimum absolute atomic E-state index is 0.231. The van der Waals surface area contributed by atoms with E-state index in [9.17, 15) is 10.4 Å². The van der Waals surface area contributed by atoms with Crippen LogP contribution in [0.15, 0.2) is 6.20 Å². The van der Waals surface area contributed by atoms with Crippen molar-refractivity contribution in [2.24, 2.45) is 12.5 Å². The highest BCUT2D eigenvalue weighted by Crippen LogP contribution is 2.40. The third-order valence-electron chi connectivity index (χ3n) is 3.23. The molecule has 6 heteroatoms. The third-order valence-corrected chi connectivity index (χ3v) is 3.58. The van der Waals surface area contributed by atoms with Gasteiger partial charge in [0.2, 0.25) is 0 Å². The van der Waals surface area contributed by atoms with Crippen molar-refractivity contribution in [3.63, 3.8) is 0 Å². The van der Waals surface area contributed by atoms with Crippen molar-refractivity contribution in [3.05, 3.63) is 17.2 Å². The maximum absolute atomic E-state index is 10.3. The lowest BCUT2D eigenvalue weighted by atomic mass is 9.78. The first kappa shape index (κ1) is 12.4. The summed E-state index contributed by atoms with van der Waals surface area (Å²) >= 11 is 5.88. The van der Waals surface area contributed by atoms with Crippen LogP contribution < -0.4 is 0 Å². The molecule has 1 aliphatic rings. The van der Waals surface area contributed by atoms with Crippen LogP contribution in [0.2, 0.25) is 5.15 Å². The molecule has 1 aromatic heterocycles. The summed E-state index contributed by atoms with van der Waals surface area (Å²) in [5.41, 5.74) is -0.916. The Morgan fingerprint density at radius 1 is 1.76 bits per heavy atom. The van der Waals surface area contributed by atoms with E-state index in [2.05, 4.69) is 11.1 Å². The molecule has 1 saturated heterocycles. The highest BCUT2D eigenvalue weighted by Gasteiger charge is 2.43. The summed E-state index contributed by atoms with van der Waals surface area (Å²) in [4.78, 5) is 4.06. The van der Waals surface area contributed by atoms with Gasteiger partial charge >= 0.3 is 0 Å². The SMILES string of the molecule is Cn1c(Cl)cnc1C(O)C1(C#N)CCCOC1. The largest absolute Gasteiger partial charge is 0.383 e. The fourth-order valence-corrected chi connectivity index (χ4v) is 2.22. The lowest BCUT2D eigenvalue weighted by Gasteiger charge is -2.34. The number of rotatable bonds is 2. The predicted molar refractivity (Wildman–Crippen MR) is 61.3 cm³/mol. The van der Waals surface area contributed by atoms with E-state index in [0.29, 0.717) is 24.0 Å². The molecule has 1 aliphatic heterocycles. The Hall–Kier alpha value is -1.09. The molecule has 2 unspecified atom stereocenters. The minimum Gasteiger partial charge on any atom is -0.383 e. The standard InChI is InChI=1S/C11H14ClN3O2/c1-15-8(12)5-14-10(15)9(16)11(6-13)3-2-4-17-7-11/h5,9,16H,2-4,7H2,1H3. The number of aliphatic hydroxyl groups is 1. The maximum Gasteiger partial charge on any atom is 0.140 e. The zero-order chi connectivity index (χ0) is 12.5. The van der Waals surface area contributed by atoms with Gasteiger partial charge < -0.3 is 14.4 Å². The van der Waals surface area contributed by atoms with Crippen LogP contribution in [-0.2, 0) is 11.8 Å². The summed E-state index contributed by atoms with van der Waals surface area (Å²) in [5.74, 6) is 0.405. The highest BCUT2D eigenvalue weighted by molar-refractivity contribution is 6.29. The quantitative estimate of drug-likeness (QED) is 0.868. The number of aromatic nitrogens is 2. The molecule has 0 aliphatic carbocycles. The molecular formula is C11H14ClN3O2. The minimum atomic E-state index is -0.981. The summed E-state index contributed by atoms with van der Waals surface area (Å²) in [7, 11) is 1.71. The molecule has 2 heterocycles. The first-order valence-corrected chi connectivity index (χ1v) is 5.83. The number of hydrogen-bond donors (Lipinski definition) is 1. The first-order valence-electron chi connectivity index (χ1n) is 5.45. The van der Waals surface area contributed by atoms with Crippen LogP contribution in [0.25, 0.3) is 0 Å². The number of aliphatic hydroxyl groups excluding tert-OH is 1. The number of nitriles is 1. The molecule has 0 saturated carbocycles. The normalized spacial score (nSPS) is 26.5. The van der Waals surface area contributed by atoms with Crippen molar-refractivity contribution in [1.82, 2.24) is 9.55 Å². The van der Waals surface area contributed by atoms with Gasteiger partial charge in [-0.15, -0.1) is 0 Å². The number of halogens is 1. The van der Waals surface area contributed by atoms with E-state index < -0.39 is 11.5 Å². The van der Waals surface area contributed by atoms with Crippen LogP contribution in [0.1, 0.15) is 24.8 Å². The van der Waals surface area contributed by atoms with Gasteiger partial charge in [-0.2, -0.15) is 5.26 Å². The Bertz CT molecular complexity index is 446. The van der Waals surface area contributed by atoms with Crippen LogP contribution in [0, 0.1) is 16.7 Å². The average molecular weight is 256 g/mol. The molecule has 92 valence electrons. The second-order valence-electron chi connectivity index (χ2n) is 4.32. The summed E-state index contributed by atoms with van der Waals surface area (Å²) in [6.07, 6.45) is 1.86. The van der Waals surface area contributed by atoms with Crippen molar-refractivity contribution < 1.29 is 9.84 Å². The van der Waals surface area contributed by atoms with Gasteiger partial charge in [-0.25, -0.2) is 4.98 Å². The third kappa shape index (κ3) is 2.04. The Labute approximate surface area is 105 Å². The van der Waals surface area contributed by atoms with Crippen LogP contribution in [0.4, 0.5) is 0 Å². The van der Waals surface area contributed by atoms with E-state index in [1.54, 1.807) is 11.6 Å². The molecule has 2 rings (SSSR count). The molecule has 1 aromatic rings. The number of imidazole rings is 1. The van der Waals surface area contributed by atoms with Crippen LogP contribution in [-0.4, -0.2) is 27.9 Å². The average Bonchev–Trinajstić information content (AvgIpc) is 2.70. The second-order valence-corrected chi connectivity index (χ2v) is 4.71. The monoisotopic (exact) mass is 255 g/mol. The summed E-state index contributed by atoms with van der Waals surface area (Å²) in [6, 6.07) is 2.18. The second kappa shape index (κ2) is 4.65. The van der Waals surface area contributed by atoms with Crippen molar-refractivity contribution in [3.8, 4) is 6.07 Å². The van der Waals surface area contributed by atoms with Gasteiger partial charge in [-0.1, -0.05) is 11.6 Å². The first-order chi connectivity index (χ1) is 8.10.